The molecule has 0 saturated carbocycles. The third-order valence-corrected chi connectivity index (χ3v) is 10.4. The van der Waals surface area contributed by atoms with Crippen molar-refractivity contribution in [3.63, 3.8) is 0 Å². The van der Waals surface area contributed by atoms with Gasteiger partial charge in [0.25, 0.3) is 10.0 Å². The van der Waals surface area contributed by atoms with E-state index >= 15 is 0 Å². The highest BCUT2D eigenvalue weighted by atomic mass is 79.9. The van der Waals surface area contributed by atoms with Gasteiger partial charge in [-0.3, -0.25) is 13.9 Å². The molecule has 0 bridgehead atoms. The number of anilines is 1. The van der Waals surface area contributed by atoms with Crippen molar-refractivity contribution in [2.75, 3.05) is 25.1 Å². The van der Waals surface area contributed by atoms with E-state index in [-0.39, 0.29) is 35.6 Å². The SMILES string of the molecule is CC[C@H](C)NC(=O)[C@@H](Cc1ccccc1)N(Cc1ccc(Br)cc1)C(=O)CN(c1ccc(C)cc1)S(=O)(=O)c1ccc(OC)c(OC)c1. The molecular weight excluding hydrogens is 694 g/mol. The van der Waals surface area contributed by atoms with Crippen LogP contribution in [0.5, 0.6) is 11.5 Å². The van der Waals surface area contributed by atoms with Crippen LogP contribution in [0.1, 0.15) is 37.0 Å². The molecule has 0 heterocycles. The lowest BCUT2D eigenvalue weighted by molar-refractivity contribution is -0.140. The van der Waals surface area contributed by atoms with Crippen LogP contribution in [-0.4, -0.2) is 58.0 Å². The summed E-state index contributed by atoms with van der Waals surface area (Å²) in [7, 11) is -1.43. The number of nitrogens with one attached hydrogen (secondary N) is 1. The third kappa shape index (κ3) is 9.17. The molecule has 0 aliphatic carbocycles. The number of amides is 2. The summed E-state index contributed by atoms with van der Waals surface area (Å²) in [6, 6.07) is 27.1. The van der Waals surface area contributed by atoms with Crippen molar-refractivity contribution in [2.45, 2.75) is 57.1 Å². The third-order valence-electron chi connectivity index (χ3n) is 8.08. The topological polar surface area (TPSA) is 105 Å². The van der Waals surface area contributed by atoms with E-state index in [0.717, 1.165) is 25.5 Å². The Hall–Kier alpha value is -4.35. The zero-order valence-electron chi connectivity index (χ0n) is 27.9. The molecule has 0 unspecified atom stereocenters. The summed E-state index contributed by atoms with van der Waals surface area (Å²) < 4.78 is 41.4. The fourth-order valence-corrected chi connectivity index (χ4v) is 6.82. The van der Waals surface area contributed by atoms with Crippen LogP contribution in [0.25, 0.3) is 0 Å². The molecule has 254 valence electrons. The van der Waals surface area contributed by atoms with Crippen LogP contribution in [0.4, 0.5) is 5.69 Å². The van der Waals surface area contributed by atoms with Gasteiger partial charge in [-0.1, -0.05) is 83.0 Å². The number of rotatable bonds is 15. The molecule has 4 rings (SSSR count). The average molecular weight is 737 g/mol. The van der Waals surface area contributed by atoms with Crippen LogP contribution < -0.4 is 19.1 Å². The van der Waals surface area contributed by atoms with Gasteiger partial charge in [-0.15, -0.1) is 0 Å². The van der Waals surface area contributed by atoms with Crippen molar-refractivity contribution in [1.29, 1.82) is 0 Å². The smallest absolute Gasteiger partial charge is 0.264 e. The molecule has 0 aliphatic heterocycles. The molecule has 4 aromatic rings. The van der Waals surface area contributed by atoms with Gasteiger partial charge in [0.15, 0.2) is 11.5 Å². The summed E-state index contributed by atoms with van der Waals surface area (Å²) in [5.41, 5.74) is 2.88. The minimum Gasteiger partial charge on any atom is -0.493 e. The predicted octanol–water partition coefficient (Wildman–Crippen LogP) is 6.52. The number of halogens is 1. The first-order valence-electron chi connectivity index (χ1n) is 15.7. The molecule has 0 spiro atoms. The van der Waals surface area contributed by atoms with Gasteiger partial charge in [0.05, 0.1) is 24.8 Å². The second-order valence-corrected chi connectivity index (χ2v) is 14.3. The number of carbonyl (C=O) groups excluding carboxylic acids is 2. The zero-order valence-corrected chi connectivity index (χ0v) is 30.3. The molecule has 4 aromatic carbocycles. The molecule has 1 N–H and O–H groups in total. The molecule has 0 aliphatic rings. The lowest BCUT2D eigenvalue weighted by atomic mass is 10.0. The van der Waals surface area contributed by atoms with Crippen LogP contribution in [0.15, 0.2) is 106 Å². The van der Waals surface area contributed by atoms with Crippen molar-refractivity contribution < 1.29 is 27.5 Å². The Morgan fingerprint density at radius 3 is 2.10 bits per heavy atom. The van der Waals surface area contributed by atoms with Gasteiger partial charge in [-0.2, -0.15) is 0 Å². The van der Waals surface area contributed by atoms with Crippen LogP contribution >= 0.6 is 15.9 Å². The lowest BCUT2D eigenvalue weighted by Gasteiger charge is -2.34. The Morgan fingerprint density at radius 1 is 0.854 bits per heavy atom. The number of hydrogen-bond acceptors (Lipinski definition) is 6. The maximum atomic E-state index is 14.6. The van der Waals surface area contributed by atoms with Gasteiger partial charge in [0, 0.05) is 29.5 Å². The first-order chi connectivity index (χ1) is 23.0. The van der Waals surface area contributed by atoms with E-state index < -0.39 is 28.5 Å². The van der Waals surface area contributed by atoms with E-state index in [0.29, 0.717) is 17.9 Å². The van der Waals surface area contributed by atoms with Crippen LogP contribution in [0, 0.1) is 6.92 Å². The second kappa shape index (κ2) is 16.7. The van der Waals surface area contributed by atoms with Gasteiger partial charge in [0.2, 0.25) is 11.8 Å². The number of carbonyl (C=O) groups is 2. The molecule has 2 amide bonds. The lowest BCUT2D eigenvalue weighted by Crippen LogP contribution is -2.54. The maximum Gasteiger partial charge on any atom is 0.264 e. The average Bonchev–Trinajstić information content (AvgIpc) is 3.09. The molecule has 0 radical (unpaired) electrons. The van der Waals surface area contributed by atoms with Crippen molar-refractivity contribution in [3.05, 3.63) is 118 Å². The van der Waals surface area contributed by atoms with E-state index in [1.54, 1.807) is 24.3 Å². The minimum absolute atomic E-state index is 0.0791. The number of methoxy groups -OCH3 is 2. The number of sulfonamides is 1. The standard InChI is InChI=1S/C37H42BrN3O6S/c1-6-27(3)39-37(43)33(22-28-10-8-7-9-11-28)40(24-29-14-16-30(38)17-15-29)36(42)25-41(31-18-12-26(2)13-19-31)48(44,45)32-20-21-34(46-4)35(23-32)47-5/h7-21,23,27,33H,6,22,24-25H2,1-5H3,(H,39,43)/t27-,33+/m0/s1. The Bertz CT molecular complexity index is 1780. The Kier molecular flexibility index (Phi) is 12.7. The second-order valence-electron chi connectivity index (χ2n) is 11.5. The van der Waals surface area contributed by atoms with Gasteiger partial charge >= 0.3 is 0 Å². The number of hydrogen-bond donors (Lipinski definition) is 1. The Morgan fingerprint density at radius 2 is 1.50 bits per heavy atom. The molecule has 0 fully saturated rings. The molecular formula is C37H42BrN3O6S. The number of nitrogens with zero attached hydrogens (tertiary/aromatic N) is 2. The quantitative estimate of drug-likeness (QED) is 0.149. The van der Waals surface area contributed by atoms with Crippen molar-refractivity contribution in [2.24, 2.45) is 0 Å². The highest BCUT2D eigenvalue weighted by molar-refractivity contribution is 9.10. The molecule has 9 nitrogen and oxygen atoms in total. The normalized spacial score (nSPS) is 12.5. The number of benzene rings is 4. The van der Waals surface area contributed by atoms with Gasteiger partial charge in [-0.25, -0.2) is 8.42 Å². The Labute approximate surface area is 292 Å². The summed E-state index contributed by atoms with van der Waals surface area (Å²) in [5, 5.41) is 3.05. The van der Waals surface area contributed by atoms with Crippen molar-refractivity contribution in [1.82, 2.24) is 10.2 Å². The molecule has 0 aromatic heterocycles. The van der Waals surface area contributed by atoms with Gasteiger partial charge < -0.3 is 19.7 Å². The van der Waals surface area contributed by atoms with E-state index in [2.05, 4.69) is 21.2 Å². The van der Waals surface area contributed by atoms with E-state index in [9.17, 15) is 18.0 Å². The highest BCUT2D eigenvalue weighted by Gasteiger charge is 2.35. The van der Waals surface area contributed by atoms with E-state index in [4.69, 9.17) is 9.47 Å². The summed E-state index contributed by atoms with van der Waals surface area (Å²) >= 11 is 3.46. The molecule has 2 atom stereocenters. The summed E-state index contributed by atoms with van der Waals surface area (Å²) in [6.07, 6.45) is 0.938. The van der Waals surface area contributed by atoms with Crippen molar-refractivity contribution in [3.8, 4) is 11.5 Å². The summed E-state index contributed by atoms with van der Waals surface area (Å²) in [4.78, 5) is 30.0. The monoisotopic (exact) mass is 735 g/mol. The van der Waals surface area contributed by atoms with Gasteiger partial charge in [0.1, 0.15) is 12.6 Å². The summed E-state index contributed by atoms with van der Waals surface area (Å²) in [5.74, 6) is -0.257. The van der Waals surface area contributed by atoms with Crippen LogP contribution in [0.2, 0.25) is 0 Å². The number of aryl methyl sites for hydroxylation is 1. The fraction of sp³-hybridized carbons (Fsp3) is 0.297. The summed E-state index contributed by atoms with van der Waals surface area (Å²) in [6.45, 7) is 5.30. The Balaban J connectivity index is 1.82. The van der Waals surface area contributed by atoms with E-state index in [1.807, 2.05) is 75.4 Å². The first-order valence-corrected chi connectivity index (χ1v) is 17.9. The van der Waals surface area contributed by atoms with Gasteiger partial charge in [-0.05, 0) is 67.8 Å². The minimum atomic E-state index is -4.32. The van der Waals surface area contributed by atoms with Crippen molar-refractivity contribution >= 4 is 43.5 Å². The zero-order chi connectivity index (χ0) is 34.8. The predicted molar refractivity (Wildman–Crippen MR) is 192 cm³/mol. The largest absolute Gasteiger partial charge is 0.493 e. The molecule has 48 heavy (non-hydrogen) atoms. The maximum absolute atomic E-state index is 14.6. The fourth-order valence-electron chi connectivity index (χ4n) is 5.13. The number of ether oxygens (including phenoxy) is 2. The molecule has 0 saturated heterocycles. The molecule has 11 heteroatoms. The highest BCUT2D eigenvalue weighted by Crippen LogP contribution is 2.32. The van der Waals surface area contributed by atoms with E-state index in [1.165, 1.54) is 37.3 Å². The van der Waals surface area contributed by atoms with Crippen LogP contribution in [-0.2, 0) is 32.6 Å². The van der Waals surface area contributed by atoms with Crippen LogP contribution in [0.3, 0.4) is 0 Å². The first kappa shape index (κ1) is 36.5.